The van der Waals surface area contributed by atoms with Gasteiger partial charge in [-0.15, -0.1) is 0 Å². The normalized spacial score (nSPS) is 11.0. The van der Waals surface area contributed by atoms with Crippen LogP contribution in [-0.2, 0) is 10.2 Å². The Bertz CT molecular complexity index is 676. The molecule has 1 N–H and O–H groups in total. The summed E-state index contributed by atoms with van der Waals surface area (Å²) in [5.74, 6) is 1.22. The Morgan fingerprint density at radius 2 is 1.52 bits per heavy atom. The van der Waals surface area contributed by atoms with E-state index in [0.29, 0.717) is 29.7 Å². The van der Waals surface area contributed by atoms with Gasteiger partial charge in [-0.3, -0.25) is 4.79 Å². The molecule has 4 nitrogen and oxygen atoms in total. The summed E-state index contributed by atoms with van der Waals surface area (Å²) < 4.78 is 11.0. The predicted molar refractivity (Wildman–Crippen MR) is 101 cm³/mol. The third-order valence-corrected chi connectivity index (χ3v) is 3.85. The van der Waals surface area contributed by atoms with Crippen molar-refractivity contribution in [3.63, 3.8) is 0 Å². The molecule has 0 heterocycles. The maximum atomic E-state index is 11.8. The lowest BCUT2D eigenvalue weighted by molar-refractivity contribution is -0.123. The Hall–Kier alpha value is -2.20. The molecule has 5 heteroatoms. The molecular weight excluding hydrogens is 338 g/mol. The van der Waals surface area contributed by atoms with Crippen molar-refractivity contribution in [1.82, 2.24) is 5.32 Å². The van der Waals surface area contributed by atoms with E-state index in [1.165, 1.54) is 5.56 Å². The summed E-state index contributed by atoms with van der Waals surface area (Å²) in [5, 5.41) is 3.42. The van der Waals surface area contributed by atoms with Gasteiger partial charge in [0.05, 0.1) is 6.54 Å². The van der Waals surface area contributed by atoms with Gasteiger partial charge in [-0.05, 0) is 47.4 Å². The van der Waals surface area contributed by atoms with Gasteiger partial charge in [-0.25, -0.2) is 0 Å². The maximum Gasteiger partial charge on any atom is 0.258 e. The van der Waals surface area contributed by atoms with Crippen LogP contribution in [0.1, 0.15) is 26.3 Å². The van der Waals surface area contributed by atoms with Crippen LogP contribution in [0.25, 0.3) is 0 Å². The third kappa shape index (κ3) is 6.67. The number of nitrogens with one attached hydrogen (secondary N) is 1. The van der Waals surface area contributed by atoms with Crippen LogP contribution in [0.3, 0.4) is 0 Å². The first-order valence-corrected chi connectivity index (χ1v) is 8.61. The second kappa shape index (κ2) is 8.77. The van der Waals surface area contributed by atoms with E-state index >= 15 is 0 Å². The number of hydrogen-bond donors (Lipinski definition) is 1. The van der Waals surface area contributed by atoms with Crippen molar-refractivity contribution in [2.24, 2.45) is 0 Å². The SMILES string of the molecule is CC(C)(C)c1ccc(OCC(=O)NCCOc2ccc(Cl)cc2)cc1. The molecule has 0 saturated carbocycles. The highest BCUT2D eigenvalue weighted by atomic mass is 35.5. The van der Waals surface area contributed by atoms with Crippen LogP contribution < -0.4 is 14.8 Å². The Morgan fingerprint density at radius 3 is 2.12 bits per heavy atom. The molecule has 0 radical (unpaired) electrons. The van der Waals surface area contributed by atoms with Crippen molar-refractivity contribution in [3.05, 3.63) is 59.1 Å². The summed E-state index contributed by atoms with van der Waals surface area (Å²) in [4.78, 5) is 11.8. The standard InChI is InChI=1S/C20H24ClNO3/c1-20(2,3)15-4-8-18(9-5-15)25-14-19(23)22-12-13-24-17-10-6-16(21)7-11-17/h4-11H,12-14H2,1-3H3,(H,22,23). The first-order chi connectivity index (χ1) is 11.8. The molecule has 0 aliphatic heterocycles. The van der Waals surface area contributed by atoms with Gasteiger partial charge in [-0.1, -0.05) is 44.5 Å². The van der Waals surface area contributed by atoms with Gasteiger partial charge in [0.2, 0.25) is 0 Å². The summed E-state index contributed by atoms with van der Waals surface area (Å²) in [6.07, 6.45) is 0. The van der Waals surface area contributed by atoms with Crippen LogP contribution in [0, 0.1) is 0 Å². The minimum absolute atomic E-state index is 0.0180. The molecule has 0 saturated heterocycles. The molecule has 25 heavy (non-hydrogen) atoms. The van der Waals surface area contributed by atoms with E-state index in [1.807, 2.05) is 24.3 Å². The molecule has 0 atom stereocenters. The fraction of sp³-hybridized carbons (Fsp3) is 0.350. The van der Waals surface area contributed by atoms with Gasteiger partial charge in [0.25, 0.3) is 5.91 Å². The molecule has 0 aromatic heterocycles. The first-order valence-electron chi connectivity index (χ1n) is 8.23. The molecule has 0 bridgehead atoms. The number of carbonyl (C=O) groups excluding carboxylic acids is 1. The molecule has 134 valence electrons. The zero-order valence-electron chi connectivity index (χ0n) is 14.8. The lowest BCUT2D eigenvalue weighted by atomic mass is 9.87. The topological polar surface area (TPSA) is 47.6 Å². The maximum absolute atomic E-state index is 11.8. The highest BCUT2D eigenvalue weighted by Gasteiger charge is 2.13. The summed E-state index contributed by atoms with van der Waals surface area (Å²) >= 11 is 5.80. The average molecular weight is 362 g/mol. The highest BCUT2D eigenvalue weighted by molar-refractivity contribution is 6.30. The second-order valence-corrected chi connectivity index (χ2v) is 7.15. The van der Waals surface area contributed by atoms with Crippen LogP contribution in [-0.4, -0.2) is 25.7 Å². The van der Waals surface area contributed by atoms with E-state index in [-0.39, 0.29) is 17.9 Å². The van der Waals surface area contributed by atoms with Crippen molar-refractivity contribution in [2.45, 2.75) is 26.2 Å². The van der Waals surface area contributed by atoms with Crippen LogP contribution in [0.4, 0.5) is 0 Å². The Balaban J connectivity index is 1.66. The number of amides is 1. The monoisotopic (exact) mass is 361 g/mol. The van der Waals surface area contributed by atoms with Crippen molar-refractivity contribution in [1.29, 1.82) is 0 Å². The molecule has 0 spiro atoms. The lowest BCUT2D eigenvalue weighted by Crippen LogP contribution is -2.32. The van der Waals surface area contributed by atoms with Gasteiger partial charge < -0.3 is 14.8 Å². The molecule has 0 aliphatic carbocycles. The summed E-state index contributed by atoms with van der Waals surface area (Å²) in [6.45, 7) is 7.24. The van der Waals surface area contributed by atoms with E-state index in [9.17, 15) is 4.79 Å². The van der Waals surface area contributed by atoms with Gasteiger partial charge in [0.1, 0.15) is 18.1 Å². The number of halogens is 1. The Labute approximate surface area is 154 Å². The van der Waals surface area contributed by atoms with Crippen molar-refractivity contribution < 1.29 is 14.3 Å². The largest absolute Gasteiger partial charge is 0.492 e. The fourth-order valence-corrected chi connectivity index (χ4v) is 2.27. The van der Waals surface area contributed by atoms with Crippen molar-refractivity contribution >= 4 is 17.5 Å². The van der Waals surface area contributed by atoms with E-state index in [4.69, 9.17) is 21.1 Å². The number of carbonyl (C=O) groups is 1. The second-order valence-electron chi connectivity index (χ2n) is 6.72. The molecular formula is C20H24ClNO3. The van der Waals surface area contributed by atoms with Crippen LogP contribution in [0.2, 0.25) is 5.02 Å². The van der Waals surface area contributed by atoms with Gasteiger partial charge >= 0.3 is 0 Å². The Morgan fingerprint density at radius 1 is 0.960 bits per heavy atom. The number of rotatable bonds is 7. The molecule has 2 rings (SSSR count). The molecule has 2 aromatic carbocycles. The van der Waals surface area contributed by atoms with Gasteiger partial charge in [0.15, 0.2) is 6.61 Å². The average Bonchev–Trinajstić information content (AvgIpc) is 2.58. The van der Waals surface area contributed by atoms with Crippen LogP contribution in [0.5, 0.6) is 11.5 Å². The van der Waals surface area contributed by atoms with Gasteiger partial charge in [0, 0.05) is 5.02 Å². The highest BCUT2D eigenvalue weighted by Crippen LogP contribution is 2.24. The summed E-state index contributed by atoms with van der Waals surface area (Å²) in [7, 11) is 0. The summed E-state index contributed by atoms with van der Waals surface area (Å²) in [6, 6.07) is 14.9. The molecule has 0 fully saturated rings. The van der Waals surface area contributed by atoms with E-state index < -0.39 is 0 Å². The Kier molecular flexibility index (Phi) is 6.71. The van der Waals surface area contributed by atoms with Gasteiger partial charge in [-0.2, -0.15) is 0 Å². The molecule has 0 aliphatic rings. The summed E-state index contributed by atoms with van der Waals surface area (Å²) in [5.41, 5.74) is 1.32. The van der Waals surface area contributed by atoms with E-state index in [0.717, 1.165) is 0 Å². The number of benzene rings is 2. The van der Waals surface area contributed by atoms with E-state index in [1.54, 1.807) is 24.3 Å². The zero-order chi connectivity index (χ0) is 18.3. The molecule has 0 unspecified atom stereocenters. The number of hydrogen-bond acceptors (Lipinski definition) is 3. The minimum Gasteiger partial charge on any atom is -0.492 e. The fourth-order valence-electron chi connectivity index (χ4n) is 2.14. The quantitative estimate of drug-likeness (QED) is 0.751. The van der Waals surface area contributed by atoms with Crippen molar-refractivity contribution in [2.75, 3.05) is 19.8 Å². The third-order valence-electron chi connectivity index (χ3n) is 3.60. The minimum atomic E-state index is -0.181. The van der Waals surface area contributed by atoms with E-state index in [2.05, 4.69) is 26.1 Å². The molecule has 1 amide bonds. The smallest absolute Gasteiger partial charge is 0.258 e. The van der Waals surface area contributed by atoms with Crippen LogP contribution in [0.15, 0.2) is 48.5 Å². The van der Waals surface area contributed by atoms with Crippen molar-refractivity contribution in [3.8, 4) is 11.5 Å². The molecule has 2 aromatic rings. The predicted octanol–water partition coefficient (Wildman–Crippen LogP) is 4.21. The first kappa shape index (κ1) is 19.1. The van der Waals surface area contributed by atoms with Crippen LogP contribution >= 0.6 is 11.6 Å². The zero-order valence-corrected chi connectivity index (χ0v) is 15.6. The number of ether oxygens (including phenoxy) is 2. The lowest BCUT2D eigenvalue weighted by Gasteiger charge is -2.19.